The first-order valence-electron chi connectivity index (χ1n) is 7.73. The molecule has 0 atom stereocenters. The minimum atomic E-state index is -0.813. The number of carboxylic acid groups (broad SMARTS) is 1. The van der Waals surface area contributed by atoms with Gasteiger partial charge in [-0.2, -0.15) is 0 Å². The maximum absolute atomic E-state index is 12.2. The quantitative estimate of drug-likeness (QED) is 0.646. The summed E-state index contributed by atoms with van der Waals surface area (Å²) in [7, 11) is 0. The SMILES string of the molecule is CCOC(=O)Oc1ccc(NC(=O)N2CCC(C(=O)O)CC2)cc1. The van der Waals surface area contributed by atoms with Crippen LogP contribution in [-0.4, -0.2) is 47.9 Å². The van der Waals surface area contributed by atoms with Crippen molar-refractivity contribution in [3.05, 3.63) is 24.3 Å². The van der Waals surface area contributed by atoms with Gasteiger partial charge in [0, 0.05) is 18.8 Å². The van der Waals surface area contributed by atoms with Crippen molar-refractivity contribution in [2.45, 2.75) is 19.8 Å². The largest absolute Gasteiger partial charge is 0.513 e. The zero-order valence-electron chi connectivity index (χ0n) is 13.4. The number of ether oxygens (including phenoxy) is 2. The number of amides is 2. The molecule has 0 unspecified atom stereocenters. The lowest BCUT2D eigenvalue weighted by atomic mass is 9.97. The fraction of sp³-hybridized carbons (Fsp3) is 0.438. The van der Waals surface area contributed by atoms with Crippen LogP contribution in [0.2, 0.25) is 0 Å². The van der Waals surface area contributed by atoms with Crippen molar-refractivity contribution in [1.82, 2.24) is 4.90 Å². The molecule has 0 bridgehead atoms. The van der Waals surface area contributed by atoms with Crippen molar-refractivity contribution in [2.24, 2.45) is 5.92 Å². The molecule has 1 heterocycles. The van der Waals surface area contributed by atoms with E-state index in [-0.39, 0.29) is 18.6 Å². The third-order valence-corrected chi connectivity index (χ3v) is 3.70. The number of carboxylic acids is 1. The maximum atomic E-state index is 12.2. The normalized spacial score (nSPS) is 14.8. The molecule has 2 amide bonds. The van der Waals surface area contributed by atoms with Crippen LogP contribution in [0.1, 0.15) is 19.8 Å². The molecule has 8 nitrogen and oxygen atoms in total. The minimum absolute atomic E-state index is 0.228. The molecule has 0 radical (unpaired) electrons. The fourth-order valence-electron chi connectivity index (χ4n) is 2.38. The van der Waals surface area contributed by atoms with Crippen LogP contribution in [0.4, 0.5) is 15.3 Å². The lowest BCUT2D eigenvalue weighted by Crippen LogP contribution is -2.42. The summed E-state index contributed by atoms with van der Waals surface area (Å²) < 4.78 is 9.59. The Labute approximate surface area is 139 Å². The van der Waals surface area contributed by atoms with Gasteiger partial charge in [0.05, 0.1) is 12.5 Å². The van der Waals surface area contributed by atoms with E-state index < -0.39 is 12.1 Å². The number of nitrogens with one attached hydrogen (secondary N) is 1. The van der Waals surface area contributed by atoms with Gasteiger partial charge >= 0.3 is 18.2 Å². The molecule has 2 rings (SSSR count). The van der Waals surface area contributed by atoms with Gasteiger partial charge in [-0.1, -0.05) is 0 Å². The van der Waals surface area contributed by atoms with Crippen molar-refractivity contribution >= 4 is 23.8 Å². The first-order chi connectivity index (χ1) is 11.5. The summed E-state index contributed by atoms with van der Waals surface area (Å²) in [5.41, 5.74) is 0.552. The summed E-state index contributed by atoms with van der Waals surface area (Å²) in [5, 5.41) is 11.7. The van der Waals surface area contributed by atoms with E-state index in [9.17, 15) is 14.4 Å². The Morgan fingerprint density at radius 3 is 2.38 bits per heavy atom. The van der Waals surface area contributed by atoms with Gasteiger partial charge in [-0.05, 0) is 44.0 Å². The van der Waals surface area contributed by atoms with Crippen LogP contribution in [0.15, 0.2) is 24.3 Å². The topological polar surface area (TPSA) is 105 Å². The lowest BCUT2D eigenvalue weighted by molar-refractivity contribution is -0.143. The molecular formula is C16H20N2O6. The Kier molecular flexibility index (Phi) is 6.00. The Bertz CT molecular complexity index is 593. The third-order valence-electron chi connectivity index (χ3n) is 3.70. The average molecular weight is 336 g/mol. The molecule has 0 spiro atoms. The first-order valence-corrected chi connectivity index (χ1v) is 7.73. The molecule has 1 aromatic rings. The smallest absolute Gasteiger partial charge is 0.481 e. The zero-order chi connectivity index (χ0) is 17.5. The number of hydrogen-bond acceptors (Lipinski definition) is 5. The van der Waals surface area contributed by atoms with E-state index in [1.807, 2.05) is 0 Å². The van der Waals surface area contributed by atoms with Crippen LogP contribution >= 0.6 is 0 Å². The van der Waals surface area contributed by atoms with E-state index in [1.165, 1.54) is 0 Å². The highest BCUT2D eigenvalue weighted by atomic mass is 16.7. The molecule has 0 aromatic heterocycles. The van der Waals surface area contributed by atoms with E-state index in [0.29, 0.717) is 37.4 Å². The molecule has 1 saturated heterocycles. The summed E-state index contributed by atoms with van der Waals surface area (Å²) >= 11 is 0. The molecular weight excluding hydrogens is 316 g/mol. The summed E-state index contributed by atoms with van der Waals surface area (Å²) in [5.74, 6) is -0.880. The number of nitrogens with zero attached hydrogens (tertiary/aromatic N) is 1. The second-order valence-corrected chi connectivity index (χ2v) is 5.34. The predicted octanol–water partition coefficient (Wildman–Crippen LogP) is 2.55. The number of anilines is 1. The molecule has 0 saturated carbocycles. The number of piperidine rings is 1. The third kappa shape index (κ3) is 4.87. The van der Waals surface area contributed by atoms with Crippen molar-refractivity contribution in [2.75, 3.05) is 25.0 Å². The molecule has 1 fully saturated rings. The van der Waals surface area contributed by atoms with Gasteiger partial charge in [-0.3, -0.25) is 4.79 Å². The van der Waals surface area contributed by atoms with Gasteiger partial charge < -0.3 is 24.8 Å². The Morgan fingerprint density at radius 1 is 1.21 bits per heavy atom. The molecule has 1 aliphatic rings. The van der Waals surface area contributed by atoms with E-state index >= 15 is 0 Å². The van der Waals surface area contributed by atoms with Crippen LogP contribution in [0.25, 0.3) is 0 Å². The molecule has 1 aromatic carbocycles. The highest BCUT2D eigenvalue weighted by Gasteiger charge is 2.26. The van der Waals surface area contributed by atoms with E-state index in [1.54, 1.807) is 36.1 Å². The number of benzene rings is 1. The number of carbonyl (C=O) groups is 3. The second kappa shape index (κ2) is 8.19. The van der Waals surface area contributed by atoms with Gasteiger partial charge in [0.25, 0.3) is 0 Å². The predicted molar refractivity (Wildman–Crippen MR) is 85.0 cm³/mol. The van der Waals surface area contributed by atoms with Gasteiger partial charge in [-0.25, -0.2) is 9.59 Å². The monoisotopic (exact) mass is 336 g/mol. The van der Waals surface area contributed by atoms with Crippen LogP contribution in [0.5, 0.6) is 5.75 Å². The number of urea groups is 1. The summed E-state index contributed by atoms with van der Waals surface area (Å²) in [6.07, 6.45) is 0.125. The minimum Gasteiger partial charge on any atom is -0.481 e. The summed E-state index contributed by atoms with van der Waals surface area (Å²) in [4.78, 5) is 35.8. The molecule has 8 heteroatoms. The van der Waals surface area contributed by atoms with Crippen LogP contribution in [0.3, 0.4) is 0 Å². The lowest BCUT2D eigenvalue weighted by Gasteiger charge is -2.30. The fourth-order valence-corrected chi connectivity index (χ4v) is 2.38. The van der Waals surface area contributed by atoms with Gasteiger partial charge in [0.2, 0.25) is 0 Å². The average Bonchev–Trinajstić information content (AvgIpc) is 2.57. The van der Waals surface area contributed by atoms with Gasteiger partial charge in [-0.15, -0.1) is 0 Å². The van der Waals surface area contributed by atoms with Crippen LogP contribution in [0, 0.1) is 5.92 Å². The highest BCUT2D eigenvalue weighted by Crippen LogP contribution is 2.20. The standard InChI is InChI=1S/C16H20N2O6/c1-2-23-16(22)24-13-5-3-12(4-6-13)17-15(21)18-9-7-11(8-10-18)14(19)20/h3-6,11H,2,7-10H2,1H3,(H,17,21)(H,19,20). The second-order valence-electron chi connectivity index (χ2n) is 5.34. The van der Waals surface area contributed by atoms with E-state index in [4.69, 9.17) is 9.84 Å². The van der Waals surface area contributed by atoms with Crippen molar-refractivity contribution < 1.29 is 29.0 Å². The first kappa shape index (κ1) is 17.6. The molecule has 1 aliphatic heterocycles. The highest BCUT2D eigenvalue weighted by molar-refractivity contribution is 5.89. The Balaban J connectivity index is 1.84. The van der Waals surface area contributed by atoms with Gasteiger partial charge in [0.15, 0.2) is 0 Å². The van der Waals surface area contributed by atoms with Crippen molar-refractivity contribution in [3.8, 4) is 5.75 Å². The Hall–Kier alpha value is -2.77. The summed E-state index contributed by atoms with van der Waals surface area (Å²) in [6, 6.07) is 6.03. The molecule has 24 heavy (non-hydrogen) atoms. The number of aliphatic carboxylic acids is 1. The number of likely N-dealkylation sites (tertiary alicyclic amines) is 1. The van der Waals surface area contributed by atoms with Crippen LogP contribution < -0.4 is 10.1 Å². The summed E-state index contributed by atoms with van der Waals surface area (Å²) in [6.45, 7) is 2.73. The number of rotatable bonds is 4. The zero-order valence-corrected chi connectivity index (χ0v) is 13.4. The van der Waals surface area contributed by atoms with E-state index in [0.717, 1.165) is 0 Å². The number of hydrogen-bond donors (Lipinski definition) is 2. The maximum Gasteiger partial charge on any atom is 0.513 e. The molecule has 2 N–H and O–H groups in total. The van der Waals surface area contributed by atoms with E-state index in [2.05, 4.69) is 10.1 Å². The Morgan fingerprint density at radius 2 is 1.83 bits per heavy atom. The van der Waals surface area contributed by atoms with Crippen molar-refractivity contribution in [1.29, 1.82) is 0 Å². The van der Waals surface area contributed by atoms with Crippen molar-refractivity contribution in [3.63, 3.8) is 0 Å². The molecule has 130 valence electrons. The van der Waals surface area contributed by atoms with Gasteiger partial charge in [0.1, 0.15) is 5.75 Å². The van der Waals surface area contributed by atoms with Crippen LogP contribution in [-0.2, 0) is 9.53 Å². The molecule has 0 aliphatic carbocycles. The number of carbonyl (C=O) groups excluding carboxylic acids is 2.